The summed E-state index contributed by atoms with van der Waals surface area (Å²) in [6.07, 6.45) is 5.91. The number of ether oxygens (including phenoxy) is 1. The van der Waals surface area contributed by atoms with Gasteiger partial charge in [0.05, 0.1) is 19.0 Å². The molecule has 4 rings (SSSR count). The van der Waals surface area contributed by atoms with Gasteiger partial charge in [0.25, 0.3) is 0 Å². The van der Waals surface area contributed by atoms with E-state index < -0.39 is 0 Å². The van der Waals surface area contributed by atoms with Gasteiger partial charge in [-0.05, 0) is 37.1 Å². The minimum absolute atomic E-state index is 0.895. The van der Waals surface area contributed by atoms with Crippen LogP contribution < -0.4 is 4.74 Å². The van der Waals surface area contributed by atoms with E-state index in [-0.39, 0.29) is 0 Å². The van der Waals surface area contributed by atoms with Crippen molar-refractivity contribution in [3.63, 3.8) is 0 Å². The van der Waals surface area contributed by atoms with Crippen molar-refractivity contribution in [2.75, 3.05) is 7.11 Å². The summed E-state index contributed by atoms with van der Waals surface area (Å²) in [4.78, 5) is 0. The van der Waals surface area contributed by atoms with Gasteiger partial charge in [-0.25, -0.2) is 0 Å². The van der Waals surface area contributed by atoms with Crippen molar-refractivity contribution in [1.29, 1.82) is 0 Å². The highest BCUT2D eigenvalue weighted by Crippen LogP contribution is 2.22. The molecule has 4 heteroatoms. The van der Waals surface area contributed by atoms with Gasteiger partial charge in [-0.15, -0.1) is 0 Å². The van der Waals surface area contributed by atoms with Crippen molar-refractivity contribution < 1.29 is 4.74 Å². The molecule has 24 heavy (non-hydrogen) atoms. The van der Waals surface area contributed by atoms with E-state index in [1.165, 1.54) is 16.3 Å². The molecule has 0 radical (unpaired) electrons. The van der Waals surface area contributed by atoms with E-state index in [0.717, 1.165) is 36.2 Å². The predicted octanol–water partition coefficient (Wildman–Crippen LogP) is 4.23. The normalized spacial score (nSPS) is 11.2. The number of fused-ring (bicyclic) bond motifs is 2. The molecule has 0 spiro atoms. The molecule has 0 N–H and O–H groups in total. The molecular formula is C20H19N3O. The molecule has 2 heterocycles. The first kappa shape index (κ1) is 14.7. The van der Waals surface area contributed by atoms with E-state index in [2.05, 4.69) is 57.4 Å². The second-order valence-electron chi connectivity index (χ2n) is 5.92. The second kappa shape index (κ2) is 6.32. The Bertz CT molecular complexity index is 985. The summed E-state index contributed by atoms with van der Waals surface area (Å²) < 4.78 is 7.57. The lowest BCUT2D eigenvalue weighted by molar-refractivity contribution is 0.415. The van der Waals surface area contributed by atoms with Crippen LogP contribution >= 0.6 is 0 Å². The average Bonchev–Trinajstić information content (AvgIpc) is 3.04. The Balaban J connectivity index is 1.51. The van der Waals surface area contributed by atoms with Crippen LogP contribution in [0.1, 0.15) is 12.1 Å². The van der Waals surface area contributed by atoms with E-state index >= 15 is 0 Å². The van der Waals surface area contributed by atoms with Gasteiger partial charge in [-0.3, -0.25) is 0 Å². The Kier molecular flexibility index (Phi) is 3.87. The minimum atomic E-state index is 0.895. The number of hydrogen-bond donors (Lipinski definition) is 0. The summed E-state index contributed by atoms with van der Waals surface area (Å²) in [7, 11) is 1.70. The molecular weight excluding hydrogens is 298 g/mol. The van der Waals surface area contributed by atoms with Gasteiger partial charge in [0.1, 0.15) is 5.75 Å². The van der Waals surface area contributed by atoms with Gasteiger partial charge in [0, 0.05) is 34.4 Å². The molecule has 2 aromatic heterocycles. The van der Waals surface area contributed by atoms with Crippen LogP contribution in [0.2, 0.25) is 0 Å². The zero-order chi connectivity index (χ0) is 16.4. The second-order valence-corrected chi connectivity index (χ2v) is 5.92. The van der Waals surface area contributed by atoms with Crippen LogP contribution in [-0.2, 0) is 13.0 Å². The zero-order valence-corrected chi connectivity index (χ0v) is 13.6. The monoisotopic (exact) mass is 317 g/mol. The van der Waals surface area contributed by atoms with Gasteiger partial charge in [0.15, 0.2) is 0 Å². The molecule has 0 aliphatic heterocycles. The zero-order valence-electron chi connectivity index (χ0n) is 13.6. The van der Waals surface area contributed by atoms with Gasteiger partial charge >= 0.3 is 0 Å². The molecule has 0 saturated heterocycles. The van der Waals surface area contributed by atoms with Crippen LogP contribution in [0.4, 0.5) is 0 Å². The fraction of sp³-hybridized carbons (Fsp3) is 0.200. The largest absolute Gasteiger partial charge is 0.497 e. The highest BCUT2D eigenvalue weighted by molar-refractivity contribution is 5.83. The molecule has 4 nitrogen and oxygen atoms in total. The lowest BCUT2D eigenvalue weighted by atomic mass is 10.1. The third kappa shape index (κ3) is 2.71. The van der Waals surface area contributed by atoms with Crippen molar-refractivity contribution >= 4 is 21.7 Å². The molecule has 0 fully saturated rings. The Morgan fingerprint density at radius 1 is 1.04 bits per heavy atom. The van der Waals surface area contributed by atoms with Crippen LogP contribution in [0.5, 0.6) is 5.75 Å². The van der Waals surface area contributed by atoms with E-state index in [4.69, 9.17) is 4.74 Å². The Labute approximate surface area is 140 Å². The third-order valence-corrected chi connectivity index (χ3v) is 4.44. The standard InChI is InChI=1S/C20H19N3O/c1-24-17-8-9-20-15(13-17)10-12-23(20)11-4-7-19-18-6-3-2-5-16(18)14-21-22-19/h2-3,5-6,8-10,12-14H,4,7,11H2,1H3. The third-order valence-electron chi connectivity index (χ3n) is 4.44. The molecule has 120 valence electrons. The van der Waals surface area contributed by atoms with Crippen LogP contribution in [0.3, 0.4) is 0 Å². The van der Waals surface area contributed by atoms with Crippen molar-refractivity contribution in [3.05, 3.63) is 66.6 Å². The van der Waals surface area contributed by atoms with Crippen molar-refractivity contribution in [3.8, 4) is 5.75 Å². The molecule has 0 saturated carbocycles. The summed E-state index contributed by atoms with van der Waals surface area (Å²) in [5, 5.41) is 12.0. The number of nitrogens with zero attached hydrogens (tertiary/aromatic N) is 3. The predicted molar refractivity (Wildman–Crippen MR) is 96.3 cm³/mol. The Morgan fingerprint density at radius 3 is 2.88 bits per heavy atom. The molecule has 0 unspecified atom stereocenters. The minimum Gasteiger partial charge on any atom is -0.497 e. The summed E-state index contributed by atoms with van der Waals surface area (Å²) in [5.41, 5.74) is 2.31. The molecule has 0 bridgehead atoms. The molecule has 2 aromatic carbocycles. The summed E-state index contributed by atoms with van der Waals surface area (Å²) >= 11 is 0. The van der Waals surface area contributed by atoms with Crippen LogP contribution in [0.15, 0.2) is 60.9 Å². The highest BCUT2D eigenvalue weighted by Gasteiger charge is 2.05. The molecule has 0 aliphatic rings. The van der Waals surface area contributed by atoms with Crippen molar-refractivity contribution in [1.82, 2.24) is 14.8 Å². The Morgan fingerprint density at radius 2 is 1.96 bits per heavy atom. The molecule has 0 atom stereocenters. The number of aromatic nitrogens is 3. The number of methoxy groups -OCH3 is 1. The number of rotatable bonds is 5. The van der Waals surface area contributed by atoms with Gasteiger partial charge in [-0.2, -0.15) is 10.2 Å². The van der Waals surface area contributed by atoms with E-state index in [0.29, 0.717) is 0 Å². The lowest BCUT2D eigenvalue weighted by Crippen LogP contribution is -2.00. The van der Waals surface area contributed by atoms with Gasteiger partial charge in [-0.1, -0.05) is 24.3 Å². The maximum absolute atomic E-state index is 5.29. The maximum atomic E-state index is 5.29. The van der Waals surface area contributed by atoms with E-state index in [1.807, 2.05) is 18.3 Å². The average molecular weight is 317 g/mol. The van der Waals surface area contributed by atoms with E-state index in [9.17, 15) is 0 Å². The number of hydrogen-bond acceptors (Lipinski definition) is 3. The topological polar surface area (TPSA) is 39.9 Å². The Hall–Kier alpha value is -2.88. The SMILES string of the molecule is COc1ccc2c(ccn2CCCc2nncc3ccccc23)c1. The quantitative estimate of drug-likeness (QED) is 0.553. The van der Waals surface area contributed by atoms with E-state index in [1.54, 1.807) is 7.11 Å². The van der Waals surface area contributed by atoms with Crippen molar-refractivity contribution in [2.24, 2.45) is 0 Å². The summed E-state index contributed by atoms with van der Waals surface area (Å²) in [6, 6.07) is 16.6. The number of aryl methyl sites for hydroxylation is 2. The first-order valence-corrected chi connectivity index (χ1v) is 8.17. The molecule has 4 aromatic rings. The fourth-order valence-corrected chi connectivity index (χ4v) is 3.19. The smallest absolute Gasteiger partial charge is 0.119 e. The van der Waals surface area contributed by atoms with Crippen LogP contribution in [-0.4, -0.2) is 21.9 Å². The molecule has 0 amide bonds. The molecule has 0 aliphatic carbocycles. The van der Waals surface area contributed by atoms with Gasteiger partial charge < -0.3 is 9.30 Å². The lowest BCUT2D eigenvalue weighted by Gasteiger charge is -2.07. The fourth-order valence-electron chi connectivity index (χ4n) is 3.19. The van der Waals surface area contributed by atoms with Gasteiger partial charge in [0.2, 0.25) is 0 Å². The van der Waals surface area contributed by atoms with Crippen LogP contribution in [0.25, 0.3) is 21.7 Å². The van der Waals surface area contributed by atoms with Crippen LogP contribution in [0, 0.1) is 0 Å². The summed E-state index contributed by atoms with van der Waals surface area (Å²) in [6.45, 7) is 0.959. The summed E-state index contributed by atoms with van der Waals surface area (Å²) in [5.74, 6) is 0.895. The number of benzene rings is 2. The van der Waals surface area contributed by atoms with Crippen molar-refractivity contribution in [2.45, 2.75) is 19.4 Å². The maximum Gasteiger partial charge on any atom is 0.119 e. The first-order valence-electron chi connectivity index (χ1n) is 8.17. The highest BCUT2D eigenvalue weighted by atomic mass is 16.5. The first-order chi connectivity index (χ1) is 11.8.